The van der Waals surface area contributed by atoms with Crippen LogP contribution in [0.5, 0.6) is 0 Å². The summed E-state index contributed by atoms with van der Waals surface area (Å²) in [6, 6.07) is 12.9. The van der Waals surface area contributed by atoms with Gasteiger partial charge in [-0.1, -0.05) is 47.5 Å². The number of aromatic nitrogens is 1. The fourth-order valence-electron chi connectivity index (χ4n) is 2.27. The SMILES string of the molecule is O=C(Cc1c[nH]c2ccccc12)N/N=C/c1ccc(Cl)cc1Cl. The molecule has 0 aliphatic carbocycles. The lowest BCUT2D eigenvalue weighted by Crippen LogP contribution is -2.19. The summed E-state index contributed by atoms with van der Waals surface area (Å²) >= 11 is 11.9. The minimum absolute atomic E-state index is 0.198. The third-order valence-electron chi connectivity index (χ3n) is 3.38. The maximum absolute atomic E-state index is 12.0. The minimum atomic E-state index is -0.198. The molecule has 1 heterocycles. The van der Waals surface area contributed by atoms with Crippen molar-refractivity contribution in [2.75, 3.05) is 0 Å². The van der Waals surface area contributed by atoms with Crippen molar-refractivity contribution >= 4 is 46.2 Å². The Bertz CT molecular complexity index is 886. The molecular weight excluding hydrogens is 333 g/mol. The Morgan fingerprint density at radius 2 is 2.04 bits per heavy atom. The lowest BCUT2D eigenvalue weighted by molar-refractivity contribution is -0.120. The zero-order valence-corrected chi connectivity index (χ0v) is 13.5. The van der Waals surface area contributed by atoms with Crippen LogP contribution < -0.4 is 5.43 Å². The van der Waals surface area contributed by atoms with E-state index in [0.29, 0.717) is 15.6 Å². The Kier molecular flexibility index (Phi) is 4.65. The number of hydrogen-bond donors (Lipinski definition) is 2. The van der Waals surface area contributed by atoms with Gasteiger partial charge in [0.25, 0.3) is 0 Å². The van der Waals surface area contributed by atoms with Crippen LogP contribution >= 0.6 is 23.2 Å². The molecule has 0 aliphatic heterocycles. The fraction of sp³-hybridized carbons (Fsp3) is 0.0588. The maximum Gasteiger partial charge on any atom is 0.244 e. The summed E-state index contributed by atoms with van der Waals surface area (Å²) in [5.41, 5.74) is 5.12. The highest BCUT2D eigenvalue weighted by molar-refractivity contribution is 6.36. The van der Waals surface area contributed by atoms with Gasteiger partial charge in [-0.05, 0) is 23.8 Å². The highest BCUT2D eigenvalue weighted by Gasteiger charge is 2.07. The van der Waals surface area contributed by atoms with Crippen LogP contribution in [0.3, 0.4) is 0 Å². The molecule has 116 valence electrons. The maximum atomic E-state index is 12.0. The largest absolute Gasteiger partial charge is 0.361 e. The lowest BCUT2D eigenvalue weighted by Gasteiger charge is -2.00. The first-order valence-electron chi connectivity index (χ1n) is 6.95. The average molecular weight is 346 g/mol. The molecule has 23 heavy (non-hydrogen) atoms. The van der Waals surface area contributed by atoms with Crippen molar-refractivity contribution in [2.24, 2.45) is 5.10 Å². The lowest BCUT2D eigenvalue weighted by atomic mass is 10.1. The van der Waals surface area contributed by atoms with Gasteiger partial charge in [-0.2, -0.15) is 5.10 Å². The summed E-state index contributed by atoms with van der Waals surface area (Å²) in [7, 11) is 0. The van der Waals surface area contributed by atoms with Gasteiger partial charge in [-0.3, -0.25) is 4.79 Å². The van der Waals surface area contributed by atoms with E-state index in [-0.39, 0.29) is 12.3 Å². The molecule has 0 radical (unpaired) electrons. The van der Waals surface area contributed by atoms with E-state index in [0.717, 1.165) is 16.5 Å². The van der Waals surface area contributed by atoms with Gasteiger partial charge in [0.15, 0.2) is 0 Å². The van der Waals surface area contributed by atoms with Crippen molar-refractivity contribution < 1.29 is 4.79 Å². The summed E-state index contributed by atoms with van der Waals surface area (Å²) in [4.78, 5) is 15.1. The van der Waals surface area contributed by atoms with Crippen LogP contribution in [0.4, 0.5) is 0 Å². The molecule has 0 atom stereocenters. The van der Waals surface area contributed by atoms with Crippen molar-refractivity contribution in [1.82, 2.24) is 10.4 Å². The van der Waals surface area contributed by atoms with Gasteiger partial charge in [-0.25, -0.2) is 5.43 Å². The summed E-state index contributed by atoms with van der Waals surface area (Å²) < 4.78 is 0. The predicted molar refractivity (Wildman–Crippen MR) is 94.2 cm³/mol. The molecule has 0 saturated heterocycles. The number of aromatic amines is 1. The van der Waals surface area contributed by atoms with Gasteiger partial charge in [0.2, 0.25) is 5.91 Å². The van der Waals surface area contributed by atoms with Crippen molar-refractivity contribution in [3.05, 3.63) is 69.8 Å². The number of fused-ring (bicyclic) bond motifs is 1. The van der Waals surface area contributed by atoms with E-state index in [2.05, 4.69) is 15.5 Å². The van der Waals surface area contributed by atoms with Crippen LogP contribution in [0.15, 0.2) is 53.8 Å². The molecule has 1 aromatic heterocycles. The number of hydrazone groups is 1. The molecule has 6 heteroatoms. The molecular formula is C17H13Cl2N3O. The van der Waals surface area contributed by atoms with Crippen LogP contribution in [-0.4, -0.2) is 17.1 Å². The second-order valence-corrected chi connectivity index (χ2v) is 5.84. The topological polar surface area (TPSA) is 57.2 Å². The number of amides is 1. The molecule has 3 rings (SSSR count). The number of carbonyl (C=O) groups is 1. The van der Waals surface area contributed by atoms with Gasteiger partial charge < -0.3 is 4.98 Å². The van der Waals surface area contributed by atoms with E-state index in [1.54, 1.807) is 18.2 Å². The van der Waals surface area contributed by atoms with Crippen LogP contribution in [0.2, 0.25) is 10.0 Å². The predicted octanol–water partition coefficient (Wildman–Crippen LogP) is 4.17. The molecule has 3 aromatic rings. The summed E-state index contributed by atoms with van der Waals surface area (Å²) in [5.74, 6) is -0.198. The zero-order chi connectivity index (χ0) is 16.2. The van der Waals surface area contributed by atoms with E-state index in [1.807, 2.05) is 30.5 Å². The second kappa shape index (κ2) is 6.86. The van der Waals surface area contributed by atoms with Gasteiger partial charge >= 0.3 is 0 Å². The monoisotopic (exact) mass is 345 g/mol. The number of halogens is 2. The first kappa shape index (κ1) is 15.6. The van der Waals surface area contributed by atoms with E-state index >= 15 is 0 Å². The highest BCUT2D eigenvalue weighted by Crippen LogP contribution is 2.19. The van der Waals surface area contributed by atoms with Crippen molar-refractivity contribution in [1.29, 1.82) is 0 Å². The number of benzene rings is 2. The van der Waals surface area contributed by atoms with Crippen molar-refractivity contribution in [3.63, 3.8) is 0 Å². The molecule has 0 spiro atoms. The molecule has 2 aromatic carbocycles. The molecule has 0 unspecified atom stereocenters. The normalized spacial score (nSPS) is 11.2. The van der Waals surface area contributed by atoms with E-state index in [1.165, 1.54) is 6.21 Å². The second-order valence-electron chi connectivity index (χ2n) is 5.00. The zero-order valence-electron chi connectivity index (χ0n) is 12.0. The van der Waals surface area contributed by atoms with Crippen LogP contribution in [0.25, 0.3) is 10.9 Å². The molecule has 0 fully saturated rings. The molecule has 0 saturated carbocycles. The number of hydrogen-bond acceptors (Lipinski definition) is 2. The van der Waals surface area contributed by atoms with E-state index < -0.39 is 0 Å². The number of nitrogens with zero attached hydrogens (tertiary/aromatic N) is 1. The van der Waals surface area contributed by atoms with Crippen LogP contribution in [0.1, 0.15) is 11.1 Å². The number of nitrogens with one attached hydrogen (secondary N) is 2. The van der Waals surface area contributed by atoms with E-state index in [4.69, 9.17) is 23.2 Å². The number of rotatable bonds is 4. The molecule has 0 bridgehead atoms. The number of para-hydroxylation sites is 1. The van der Waals surface area contributed by atoms with Gasteiger partial charge in [0.1, 0.15) is 0 Å². The van der Waals surface area contributed by atoms with E-state index in [9.17, 15) is 4.79 Å². The number of H-pyrrole nitrogens is 1. The first-order chi connectivity index (χ1) is 11.1. The fourth-order valence-corrected chi connectivity index (χ4v) is 2.73. The molecule has 0 aliphatic rings. The Labute approximate surface area is 143 Å². The van der Waals surface area contributed by atoms with Gasteiger partial charge in [0.05, 0.1) is 17.7 Å². The third kappa shape index (κ3) is 3.73. The quantitative estimate of drug-likeness (QED) is 0.541. The Morgan fingerprint density at radius 1 is 1.22 bits per heavy atom. The summed E-state index contributed by atoms with van der Waals surface area (Å²) in [6.45, 7) is 0. The first-order valence-corrected chi connectivity index (χ1v) is 7.71. The summed E-state index contributed by atoms with van der Waals surface area (Å²) in [6.07, 6.45) is 3.57. The minimum Gasteiger partial charge on any atom is -0.361 e. The Hall–Kier alpha value is -2.30. The molecule has 4 nitrogen and oxygen atoms in total. The van der Waals surface area contributed by atoms with Crippen molar-refractivity contribution in [2.45, 2.75) is 6.42 Å². The third-order valence-corrected chi connectivity index (χ3v) is 3.94. The highest BCUT2D eigenvalue weighted by atomic mass is 35.5. The molecule has 2 N–H and O–H groups in total. The average Bonchev–Trinajstić information content (AvgIpc) is 2.93. The smallest absolute Gasteiger partial charge is 0.244 e. The van der Waals surface area contributed by atoms with Crippen molar-refractivity contribution in [3.8, 4) is 0 Å². The van der Waals surface area contributed by atoms with Gasteiger partial charge in [-0.15, -0.1) is 0 Å². The molecule has 1 amide bonds. The summed E-state index contributed by atoms with van der Waals surface area (Å²) in [5, 5.41) is 6.00. The Balaban J connectivity index is 1.64. The van der Waals surface area contributed by atoms with Gasteiger partial charge in [0, 0.05) is 27.7 Å². The van der Waals surface area contributed by atoms with Crippen LogP contribution in [0, 0.1) is 0 Å². The number of carbonyl (C=O) groups excluding carboxylic acids is 1. The van der Waals surface area contributed by atoms with Crippen LogP contribution in [-0.2, 0) is 11.2 Å². The Morgan fingerprint density at radius 3 is 2.87 bits per heavy atom. The standard InChI is InChI=1S/C17H13Cl2N3O/c18-13-6-5-11(15(19)8-13)10-21-22-17(23)7-12-9-20-16-4-2-1-3-14(12)16/h1-6,8-10,20H,7H2,(H,22,23)/b21-10+.